The molecule has 1 aromatic heterocycles. The molecule has 19 heavy (non-hydrogen) atoms. The summed E-state index contributed by atoms with van der Waals surface area (Å²) in [5, 5.41) is 2.75. The summed E-state index contributed by atoms with van der Waals surface area (Å²) in [5.41, 5.74) is 6.36. The first-order valence-corrected chi connectivity index (χ1v) is 6.71. The van der Waals surface area contributed by atoms with E-state index in [-0.39, 0.29) is 11.5 Å². The van der Waals surface area contributed by atoms with Gasteiger partial charge in [-0.25, -0.2) is 0 Å². The van der Waals surface area contributed by atoms with E-state index in [1.165, 1.54) is 6.07 Å². The number of carbonyl (C=O) groups excluding carboxylic acids is 1. The van der Waals surface area contributed by atoms with Crippen LogP contribution in [0.25, 0.3) is 0 Å². The summed E-state index contributed by atoms with van der Waals surface area (Å²) < 4.78 is 1.59. The predicted octanol–water partition coefficient (Wildman–Crippen LogP) is 1.57. The van der Waals surface area contributed by atoms with E-state index in [9.17, 15) is 9.59 Å². The van der Waals surface area contributed by atoms with Crippen LogP contribution in [-0.4, -0.2) is 16.5 Å². The maximum atomic E-state index is 11.9. The largest absolute Gasteiger partial charge is 0.323 e. The van der Waals surface area contributed by atoms with Gasteiger partial charge < -0.3 is 15.6 Å². The fourth-order valence-corrected chi connectivity index (χ4v) is 1.87. The first kappa shape index (κ1) is 15.4. The summed E-state index contributed by atoms with van der Waals surface area (Å²) >= 11 is 0. The predicted molar refractivity (Wildman–Crippen MR) is 77.1 cm³/mol. The average Bonchev–Trinajstić information content (AvgIpc) is 2.32. The van der Waals surface area contributed by atoms with Gasteiger partial charge in [-0.05, 0) is 24.8 Å². The molecule has 5 heteroatoms. The molecule has 0 saturated carbocycles. The minimum absolute atomic E-state index is 0.0636. The molecular weight excluding hydrogens is 242 g/mol. The first-order chi connectivity index (χ1) is 8.93. The third-order valence-electron chi connectivity index (χ3n) is 2.78. The lowest BCUT2D eigenvalue weighted by Gasteiger charge is -2.14. The van der Waals surface area contributed by atoms with E-state index in [1.807, 2.05) is 20.8 Å². The molecule has 0 radical (unpaired) electrons. The lowest BCUT2D eigenvalue weighted by molar-refractivity contribution is -0.117. The molecule has 1 atom stereocenters. The molecule has 0 aliphatic heterocycles. The molecule has 0 aliphatic carbocycles. The van der Waals surface area contributed by atoms with Crippen molar-refractivity contribution >= 4 is 11.6 Å². The van der Waals surface area contributed by atoms with Gasteiger partial charge in [0.15, 0.2) is 0 Å². The van der Waals surface area contributed by atoms with Crippen LogP contribution >= 0.6 is 0 Å². The zero-order valence-corrected chi connectivity index (χ0v) is 11.8. The molecule has 0 bridgehead atoms. The number of nitrogens with one attached hydrogen (secondary N) is 1. The number of amides is 1. The average molecular weight is 265 g/mol. The normalized spacial score (nSPS) is 12.5. The molecule has 5 nitrogen and oxygen atoms in total. The second kappa shape index (κ2) is 7.09. The number of hydrogen-bond acceptors (Lipinski definition) is 3. The molecule has 1 aromatic rings. The van der Waals surface area contributed by atoms with Crippen molar-refractivity contribution in [3.63, 3.8) is 0 Å². The Morgan fingerprint density at radius 2 is 2.11 bits per heavy atom. The molecule has 106 valence electrons. The molecule has 1 heterocycles. The van der Waals surface area contributed by atoms with Crippen LogP contribution in [0.4, 0.5) is 5.69 Å². The highest BCUT2D eigenvalue weighted by Gasteiger charge is 2.15. The maximum absolute atomic E-state index is 11.9. The van der Waals surface area contributed by atoms with Gasteiger partial charge in [-0.1, -0.05) is 20.8 Å². The number of aromatic nitrogens is 1. The van der Waals surface area contributed by atoms with Crippen molar-refractivity contribution in [2.75, 3.05) is 5.32 Å². The zero-order valence-electron chi connectivity index (χ0n) is 11.8. The third kappa shape index (κ3) is 4.87. The van der Waals surface area contributed by atoms with E-state index in [4.69, 9.17) is 5.73 Å². The first-order valence-electron chi connectivity index (χ1n) is 6.71. The minimum Gasteiger partial charge on any atom is -0.323 e. The summed E-state index contributed by atoms with van der Waals surface area (Å²) in [7, 11) is 0. The zero-order chi connectivity index (χ0) is 14.4. The van der Waals surface area contributed by atoms with Crippen molar-refractivity contribution in [1.82, 2.24) is 4.57 Å². The van der Waals surface area contributed by atoms with E-state index in [2.05, 4.69) is 5.32 Å². The van der Waals surface area contributed by atoms with Gasteiger partial charge in [-0.3, -0.25) is 9.59 Å². The van der Waals surface area contributed by atoms with Crippen LogP contribution in [0, 0.1) is 5.92 Å². The fourth-order valence-electron chi connectivity index (χ4n) is 1.87. The highest BCUT2D eigenvalue weighted by molar-refractivity contribution is 5.94. The Hall–Kier alpha value is -1.62. The van der Waals surface area contributed by atoms with Crippen molar-refractivity contribution in [1.29, 1.82) is 0 Å². The van der Waals surface area contributed by atoms with Crippen molar-refractivity contribution in [2.24, 2.45) is 11.7 Å². The smallest absolute Gasteiger partial charge is 0.250 e. The number of hydrogen-bond donors (Lipinski definition) is 2. The summed E-state index contributed by atoms with van der Waals surface area (Å²) in [6, 6.07) is 2.54. The number of nitrogens with two attached hydrogens (primary N) is 1. The molecule has 0 saturated heterocycles. The van der Waals surface area contributed by atoms with Gasteiger partial charge in [-0.2, -0.15) is 0 Å². The van der Waals surface area contributed by atoms with Crippen molar-refractivity contribution < 1.29 is 4.79 Å². The topological polar surface area (TPSA) is 77.1 Å². The lowest BCUT2D eigenvalue weighted by Crippen LogP contribution is -2.37. The van der Waals surface area contributed by atoms with Crippen LogP contribution in [0.5, 0.6) is 0 Å². The van der Waals surface area contributed by atoms with Crippen LogP contribution in [0.2, 0.25) is 0 Å². The highest BCUT2D eigenvalue weighted by atomic mass is 16.2. The van der Waals surface area contributed by atoms with Crippen LogP contribution in [0.15, 0.2) is 23.1 Å². The third-order valence-corrected chi connectivity index (χ3v) is 2.78. The van der Waals surface area contributed by atoms with Crippen LogP contribution in [0.3, 0.4) is 0 Å². The van der Waals surface area contributed by atoms with Crippen molar-refractivity contribution in [3.8, 4) is 0 Å². The second-order valence-electron chi connectivity index (χ2n) is 5.17. The van der Waals surface area contributed by atoms with Crippen LogP contribution in [-0.2, 0) is 11.3 Å². The van der Waals surface area contributed by atoms with Crippen molar-refractivity contribution in [2.45, 2.75) is 46.2 Å². The SMILES string of the molecule is CCCn1cc(NC(=O)[C@@H](N)CC(C)C)ccc1=O. The Bertz CT molecular complexity index is 480. The Labute approximate surface area is 113 Å². The molecule has 0 aromatic carbocycles. The van der Waals surface area contributed by atoms with Gasteiger partial charge in [-0.15, -0.1) is 0 Å². The van der Waals surface area contributed by atoms with Gasteiger partial charge in [0, 0.05) is 18.8 Å². The molecule has 0 spiro atoms. The van der Waals surface area contributed by atoms with E-state index in [0.717, 1.165) is 6.42 Å². The standard InChI is InChI=1S/C14H23N3O2/c1-4-7-17-9-11(5-6-13(17)18)16-14(19)12(15)8-10(2)3/h5-6,9-10,12H,4,7-8,15H2,1-3H3,(H,16,19)/t12-/m0/s1. The Kier molecular flexibility index (Phi) is 5.76. The molecule has 1 amide bonds. The van der Waals surface area contributed by atoms with Gasteiger partial charge >= 0.3 is 0 Å². The quantitative estimate of drug-likeness (QED) is 0.819. The number of nitrogens with zero attached hydrogens (tertiary/aromatic N) is 1. The van der Waals surface area contributed by atoms with E-state index in [0.29, 0.717) is 24.6 Å². The monoisotopic (exact) mass is 265 g/mol. The van der Waals surface area contributed by atoms with Crippen LogP contribution < -0.4 is 16.6 Å². The van der Waals surface area contributed by atoms with Crippen molar-refractivity contribution in [3.05, 3.63) is 28.7 Å². The molecule has 0 fully saturated rings. The molecule has 3 N–H and O–H groups in total. The summed E-state index contributed by atoms with van der Waals surface area (Å²) in [6.07, 6.45) is 3.16. The van der Waals surface area contributed by atoms with Gasteiger partial charge in [0.1, 0.15) is 0 Å². The van der Waals surface area contributed by atoms with Gasteiger partial charge in [0.25, 0.3) is 5.56 Å². The number of rotatable bonds is 6. The summed E-state index contributed by atoms with van der Waals surface area (Å²) in [5.74, 6) is 0.158. The Morgan fingerprint density at radius 3 is 2.68 bits per heavy atom. The highest BCUT2D eigenvalue weighted by Crippen LogP contribution is 2.08. The number of pyridine rings is 1. The van der Waals surface area contributed by atoms with Gasteiger partial charge in [0.05, 0.1) is 11.7 Å². The van der Waals surface area contributed by atoms with E-state index in [1.54, 1.807) is 16.8 Å². The number of anilines is 1. The van der Waals surface area contributed by atoms with Gasteiger partial charge in [0.2, 0.25) is 5.91 Å². The van der Waals surface area contributed by atoms with E-state index < -0.39 is 6.04 Å². The molecule has 0 unspecified atom stereocenters. The second-order valence-corrected chi connectivity index (χ2v) is 5.17. The Balaban J connectivity index is 2.74. The fraction of sp³-hybridized carbons (Fsp3) is 0.571. The molecular formula is C14H23N3O2. The molecule has 1 rings (SSSR count). The molecule has 0 aliphatic rings. The number of aryl methyl sites for hydroxylation is 1. The van der Waals surface area contributed by atoms with Crippen LogP contribution in [0.1, 0.15) is 33.6 Å². The summed E-state index contributed by atoms with van der Waals surface area (Å²) in [4.78, 5) is 23.4. The maximum Gasteiger partial charge on any atom is 0.250 e. The lowest BCUT2D eigenvalue weighted by atomic mass is 10.0. The van der Waals surface area contributed by atoms with E-state index >= 15 is 0 Å². The Morgan fingerprint density at radius 1 is 1.42 bits per heavy atom. The minimum atomic E-state index is -0.522. The summed E-state index contributed by atoms with van der Waals surface area (Å²) in [6.45, 7) is 6.68. The number of carbonyl (C=O) groups is 1.